The quantitative estimate of drug-likeness (QED) is 0.311. The van der Waals surface area contributed by atoms with Gasteiger partial charge in [0, 0.05) is 36.0 Å². The van der Waals surface area contributed by atoms with E-state index in [1.54, 1.807) is 6.92 Å². The lowest BCUT2D eigenvalue weighted by Gasteiger charge is -2.51. The van der Waals surface area contributed by atoms with E-state index in [0.29, 0.717) is 0 Å². The highest BCUT2D eigenvalue weighted by molar-refractivity contribution is 6.31. The maximum absolute atomic E-state index is 13.5. The van der Waals surface area contributed by atoms with E-state index < -0.39 is 82.7 Å². The number of carbonyl (C=O) groups is 3. The number of benzene rings is 1. The van der Waals surface area contributed by atoms with E-state index in [9.17, 15) is 45.0 Å². The fraction of sp³-hybridized carbons (Fsp3) is 0.480. The van der Waals surface area contributed by atoms with E-state index in [4.69, 9.17) is 4.74 Å². The number of carbonyl (C=O) groups excluding carboxylic acids is 3. The lowest BCUT2D eigenvalue weighted by molar-refractivity contribution is -0.183. The number of rotatable bonds is 1. The van der Waals surface area contributed by atoms with E-state index in [2.05, 4.69) is 0 Å². The van der Waals surface area contributed by atoms with Crippen LogP contribution in [0.4, 0.5) is 0 Å². The van der Waals surface area contributed by atoms with Crippen LogP contribution >= 0.6 is 0 Å². The molecule has 35 heavy (non-hydrogen) atoms. The molecule has 10 heteroatoms. The molecule has 1 saturated heterocycles. The Hall–Kier alpha value is -2.73. The summed E-state index contributed by atoms with van der Waals surface area (Å²) in [6.45, 7) is 2.88. The van der Waals surface area contributed by atoms with Crippen LogP contribution in [0.25, 0.3) is 0 Å². The molecule has 10 nitrogen and oxygen atoms in total. The predicted molar refractivity (Wildman–Crippen MR) is 118 cm³/mol. The van der Waals surface area contributed by atoms with Gasteiger partial charge in [0.15, 0.2) is 23.0 Å². The normalized spacial score (nSPS) is 40.9. The van der Waals surface area contributed by atoms with Crippen LogP contribution in [0.15, 0.2) is 35.4 Å². The van der Waals surface area contributed by atoms with Crippen LogP contribution in [0.3, 0.4) is 0 Å². The fourth-order valence-electron chi connectivity index (χ4n) is 5.82. The predicted octanol–water partition coefficient (Wildman–Crippen LogP) is -0.215. The van der Waals surface area contributed by atoms with Crippen LogP contribution in [0, 0.1) is 0 Å². The largest absolute Gasteiger partial charge is 0.507 e. The molecule has 0 radical (unpaired) electrons. The van der Waals surface area contributed by atoms with Gasteiger partial charge in [-0.25, -0.2) is 0 Å². The minimum atomic E-state index is -2.75. The van der Waals surface area contributed by atoms with Crippen LogP contribution in [0.2, 0.25) is 0 Å². The maximum atomic E-state index is 13.5. The van der Waals surface area contributed by atoms with Gasteiger partial charge in [-0.2, -0.15) is 0 Å². The summed E-state index contributed by atoms with van der Waals surface area (Å²) >= 11 is 0. The summed E-state index contributed by atoms with van der Waals surface area (Å²) in [6.07, 6.45) is -2.78. The van der Waals surface area contributed by atoms with Crippen molar-refractivity contribution >= 4 is 17.3 Å². The first-order valence-corrected chi connectivity index (χ1v) is 11.3. The Balaban J connectivity index is 1.62. The first-order chi connectivity index (χ1) is 16.2. The molecule has 0 spiro atoms. The first kappa shape index (κ1) is 24.0. The number of phenols is 1. The number of aromatic hydroxyl groups is 1. The monoisotopic (exact) mass is 486 g/mol. The van der Waals surface area contributed by atoms with Gasteiger partial charge in [0.05, 0.1) is 35.0 Å². The lowest BCUT2D eigenvalue weighted by Crippen LogP contribution is -2.69. The van der Waals surface area contributed by atoms with Gasteiger partial charge in [0.25, 0.3) is 0 Å². The molecule has 5 rings (SSSR count). The molecule has 7 unspecified atom stereocenters. The Morgan fingerprint density at radius 3 is 2.40 bits per heavy atom. The smallest absolute Gasteiger partial charge is 0.198 e. The van der Waals surface area contributed by atoms with Crippen molar-refractivity contribution in [2.45, 2.75) is 74.3 Å². The molecule has 3 aliphatic carbocycles. The first-order valence-electron chi connectivity index (χ1n) is 11.3. The maximum Gasteiger partial charge on any atom is 0.198 e. The number of aliphatic hydroxyl groups is 5. The van der Waals surface area contributed by atoms with Crippen molar-refractivity contribution in [1.82, 2.24) is 0 Å². The van der Waals surface area contributed by atoms with Gasteiger partial charge in [-0.3, -0.25) is 14.4 Å². The molecule has 4 aliphatic rings. The van der Waals surface area contributed by atoms with Crippen molar-refractivity contribution in [2.75, 3.05) is 0 Å². The number of fused-ring (bicyclic) bond motifs is 3. The van der Waals surface area contributed by atoms with Crippen molar-refractivity contribution in [3.05, 3.63) is 52.1 Å². The molecular formula is C25H26O10. The molecule has 6 N–H and O–H groups in total. The van der Waals surface area contributed by atoms with Crippen molar-refractivity contribution in [3.63, 3.8) is 0 Å². The molecule has 7 atom stereocenters. The van der Waals surface area contributed by atoms with Crippen LogP contribution in [-0.4, -0.2) is 83.1 Å². The second-order valence-electron chi connectivity index (χ2n) is 10.2. The number of allylic oxidation sites excluding steroid dienone is 2. The number of phenolic OH excluding ortho intramolecular Hbond substituents is 1. The van der Waals surface area contributed by atoms with Crippen LogP contribution < -0.4 is 0 Å². The third-order valence-corrected chi connectivity index (χ3v) is 7.59. The van der Waals surface area contributed by atoms with Gasteiger partial charge >= 0.3 is 0 Å². The van der Waals surface area contributed by atoms with Gasteiger partial charge in [-0.15, -0.1) is 0 Å². The van der Waals surface area contributed by atoms with Crippen molar-refractivity contribution in [1.29, 1.82) is 0 Å². The molecule has 1 saturated carbocycles. The fourth-order valence-corrected chi connectivity index (χ4v) is 5.82. The van der Waals surface area contributed by atoms with E-state index in [1.165, 1.54) is 19.1 Å². The van der Waals surface area contributed by atoms with E-state index in [0.717, 1.165) is 12.2 Å². The molecule has 1 aromatic carbocycles. The summed E-state index contributed by atoms with van der Waals surface area (Å²) in [4.78, 5) is 40.0. The number of Topliss-reactive ketones (excluding diaryl/α,β-unsaturated/α-hetero) is 3. The average Bonchev–Trinajstić information content (AvgIpc) is 2.75. The zero-order valence-corrected chi connectivity index (χ0v) is 19.1. The third-order valence-electron chi connectivity index (χ3n) is 7.59. The van der Waals surface area contributed by atoms with Gasteiger partial charge in [0.1, 0.15) is 17.5 Å². The minimum Gasteiger partial charge on any atom is -0.507 e. The highest BCUT2D eigenvalue weighted by atomic mass is 16.5. The number of ketones is 3. The Morgan fingerprint density at radius 1 is 1.06 bits per heavy atom. The SMILES string of the molecule is CC1OC(c2ccc3c(c2O)C(=O)C2=C(C3=O)C3(O)C(=O)CC(C)(O)CC3(O)C=C2)CC(O)C1O. The molecule has 186 valence electrons. The lowest BCUT2D eigenvalue weighted by atomic mass is 9.57. The number of aliphatic hydroxyl groups excluding tert-OH is 2. The van der Waals surface area contributed by atoms with Crippen molar-refractivity contribution in [3.8, 4) is 5.75 Å². The third kappa shape index (κ3) is 3.15. The second kappa shape index (κ2) is 7.39. The minimum absolute atomic E-state index is 0.0605. The Morgan fingerprint density at radius 2 is 1.74 bits per heavy atom. The Labute approximate surface area is 199 Å². The summed E-state index contributed by atoms with van der Waals surface area (Å²) in [5.41, 5.74) is -8.12. The van der Waals surface area contributed by atoms with Crippen LogP contribution in [-0.2, 0) is 9.53 Å². The average molecular weight is 486 g/mol. The number of ether oxygens (including phenoxy) is 1. The van der Waals surface area contributed by atoms with E-state index in [-0.39, 0.29) is 28.7 Å². The molecule has 2 fully saturated rings. The highest BCUT2D eigenvalue weighted by Crippen LogP contribution is 2.51. The summed E-state index contributed by atoms with van der Waals surface area (Å²) in [7, 11) is 0. The number of hydrogen-bond donors (Lipinski definition) is 6. The molecule has 0 amide bonds. The van der Waals surface area contributed by atoms with Gasteiger partial charge < -0.3 is 35.4 Å². The van der Waals surface area contributed by atoms with Crippen molar-refractivity contribution < 1.29 is 49.8 Å². The second-order valence-corrected chi connectivity index (χ2v) is 10.2. The Bertz CT molecular complexity index is 1230. The summed E-state index contributed by atoms with van der Waals surface area (Å²) in [5, 5.41) is 64.1. The van der Waals surface area contributed by atoms with Crippen LogP contribution in [0.5, 0.6) is 5.75 Å². The zero-order valence-electron chi connectivity index (χ0n) is 19.1. The van der Waals surface area contributed by atoms with Gasteiger partial charge in [-0.05, 0) is 26.0 Å². The molecule has 1 heterocycles. The van der Waals surface area contributed by atoms with Crippen molar-refractivity contribution in [2.24, 2.45) is 0 Å². The highest BCUT2D eigenvalue weighted by Gasteiger charge is 2.66. The summed E-state index contributed by atoms with van der Waals surface area (Å²) in [6, 6.07) is 2.60. The molecule has 0 aromatic heterocycles. The molecule has 0 bridgehead atoms. The summed E-state index contributed by atoms with van der Waals surface area (Å²) in [5.74, 6) is -3.30. The number of hydrogen-bond acceptors (Lipinski definition) is 10. The van der Waals surface area contributed by atoms with Gasteiger partial charge in [0.2, 0.25) is 0 Å². The van der Waals surface area contributed by atoms with Gasteiger partial charge in [-0.1, -0.05) is 12.1 Å². The summed E-state index contributed by atoms with van der Waals surface area (Å²) < 4.78 is 5.70. The standard InChI is InChI=1S/C25H26O10/c1-10-19(28)14(26)7-15(35-10)11-3-4-12-17(20(11)29)21(30)13-5-6-24(33)9-23(2,32)8-16(27)25(24,34)18(13)22(12)31/h3-6,10,14-15,19,26,28-29,32-34H,7-9H2,1-2H3. The topological polar surface area (TPSA) is 182 Å². The zero-order chi connectivity index (χ0) is 25.7. The Kier molecular flexibility index (Phi) is 5.06. The molecule has 1 aromatic rings. The van der Waals surface area contributed by atoms with E-state index >= 15 is 0 Å². The molecule has 1 aliphatic heterocycles. The molecular weight excluding hydrogens is 460 g/mol. The van der Waals surface area contributed by atoms with E-state index in [1.807, 2.05) is 0 Å². The van der Waals surface area contributed by atoms with Crippen LogP contribution in [0.1, 0.15) is 65.5 Å².